The van der Waals surface area contributed by atoms with Crippen LogP contribution in [0.3, 0.4) is 0 Å². The lowest BCUT2D eigenvalue weighted by molar-refractivity contribution is 0.206. The zero-order valence-electron chi connectivity index (χ0n) is 15.9. The van der Waals surface area contributed by atoms with Crippen molar-refractivity contribution >= 4 is 6.03 Å². The first-order valence-corrected chi connectivity index (χ1v) is 9.24. The molecule has 3 aromatic rings. The number of carbonyl (C=O) groups is 1. The fourth-order valence-corrected chi connectivity index (χ4v) is 2.89. The highest BCUT2D eigenvalue weighted by molar-refractivity contribution is 5.73. The Labute approximate surface area is 160 Å². The molecule has 2 amide bonds. The summed E-state index contributed by atoms with van der Waals surface area (Å²) in [6.45, 7) is 4.05. The summed E-state index contributed by atoms with van der Waals surface area (Å²) in [5.74, 6) is 0. The van der Waals surface area contributed by atoms with Crippen LogP contribution in [0, 0.1) is 0 Å². The number of hydrogen-bond donors (Lipinski definition) is 1. The summed E-state index contributed by atoms with van der Waals surface area (Å²) >= 11 is 0. The molecular weight excluding hydrogens is 336 g/mol. The second kappa shape index (κ2) is 9.03. The predicted molar refractivity (Wildman–Crippen MR) is 107 cm³/mol. The number of benzene rings is 2. The molecule has 0 radical (unpaired) electrons. The van der Waals surface area contributed by atoms with Gasteiger partial charge in [-0.2, -0.15) is 0 Å². The largest absolute Gasteiger partial charge is 0.334 e. The minimum absolute atomic E-state index is 0.0722. The van der Waals surface area contributed by atoms with Crippen LogP contribution in [-0.2, 0) is 26.1 Å². The topological polar surface area (TPSA) is 50.2 Å². The van der Waals surface area contributed by atoms with Gasteiger partial charge < -0.3 is 14.8 Å². The number of aryl methyl sites for hydroxylation is 1. The molecular formula is C22H26N4O. The Hall–Kier alpha value is -3.08. The van der Waals surface area contributed by atoms with Crippen LogP contribution >= 0.6 is 0 Å². The Kier molecular flexibility index (Phi) is 6.26. The van der Waals surface area contributed by atoms with Gasteiger partial charge in [-0.05, 0) is 28.7 Å². The summed E-state index contributed by atoms with van der Waals surface area (Å²) in [5, 5.41) is 2.98. The molecule has 2 aromatic carbocycles. The van der Waals surface area contributed by atoms with E-state index in [0.29, 0.717) is 13.1 Å². The van der Waals surface area contributed by atoms with Crippen molar-refractivity contribution in [2.24, 2.45) is 0 Å². The molecule has 1 heterocycles. The maximum absolute atomic E-state index is 12.3. The van der Waals surface area contributed by atoms with E-state index in [-0.39, 0.29) is 6.03 Å². The standard InChI is InChI=1S/C22H26N4O/c1-3-18-4-8-20(9-5-18)15-25(2)22(27)24-14-19-6-10-21(11-7-19)16-26-13-12-23-17-26/h4-13,17H,3,14-16H2,1-2H3,(H,24,27). The molecule has 0 saturated carbocycles. The van der Waals surface area contributed by atoms with Crippen molar-refractivity contribution in [1.29, 1.82) is 0 Å². The number of amides is 2. The second-order valence-corrected chi connectivity index (χ2v) is 6.74. The van der Waals surface area contributed by atoms with Crippen LogP contribution in [0.25, 0.3) is 0 Å². The Balaban J connectivity index is 1.47. The average Bonchev–Trinajstić information content (AvgIpc) is 3.21. The van der Waals surface area contributed by atoms with Crippen molar-refractivity contribution in [3.05, 3.63) is 89.5 Å². The van der Waals surface area contributed by atoms with Crippen molar-refractivity contribution in [2.75, 3.05) is 7.05 Å². The maximum atomic E-state index is 12.3. The summed E-state index contributed by atoms with van der Waals surface area (Å²) in [6, 6.07) is 16.6. The number of nitrogens with zero attached hydrogens (tertiary/aromatic N) is 3. The fraction of sp³-hybridized carbons (Fsp3) is 0.273. The third-order valence-electron chi connectivity index (χ3n) is 4.59. The summed E-state index contributed by atoms with van der Waals surface area (Å²) < 4.78 is 2.03. The molecule has 0 unspecified atom stereocenters. The molecule has 0 saturated heterocycles. The lowest BCUT2D eigenvalue weighted by Gasteiger charge is -2.18. The predicted octanol–water partition coefficient (Wildman–Crippen LogP) is 3.84. The van der Waals surface area contributed by atoms with Crippen molar-refractivity contribution < 1.29 is 4.79 Å². The van der Waals surface area contributed by atoms with Gasteiger partial charge in [-0.1, -0.05) is 55.5 Å². The first-order chi connectivity index (χ1) is 13.1. The van der Waals surface area contributed by atoms with Gasteiger partial charge >= 0.3 is 6.03 Å². The van der Waals surface area contributed by atoms with E-state index in [1.165, 1.54) is 11.1 Å². The molecule has 0 aliphatic rings. The van der Waals surface area contributed by atoms with Crippen LogP contribution in [0.15, 0.2) is 67.3 Å². The third kappa shape index (κ3) is 5.45. The van der Waals surface area contributed by atoms with Gasteiger partial charge in [0.15, 0.2) is 0 Å². The first kappa shape index (κ1) is 18.7. The van der Waals surface area contributed by atoms with Crippen molar-refractivity contribution in [3.63, 3.8) is 0 Å². The molecule has 0 atom stereocenters. The highest BCUT2D eigenvalue weighted by atomic mass is 16.2. The number of rotatable bonds is 7. The normalized spacial score (nSPS) is 10.6. The smallest absolute Gasteiger partial charge is 0.317 e. The highest BCUT2D eigenvalue weighted by Gasteiger charge is 2.08. The molecule has 140 valence electrons. The molecule has 27 heavy (non-hydrogen) atoms. The minimum atomic E-state index is -0.0722. The van der Waals surface area contributed by atoms with Crippen LogP contribution in [0.4, 0.5) is 4.79 Å². The first-order valence-electron chi connectivity index (χ1n) is 9.24. The van der Waals surface area contributed by atoms with Gasteiger partial charge in [0.2, 0.25) is 0 Å². The molecule has 0 bridgehead atoms. The summed E-state index contributed by atoms with van der Waals surface area (Å²) in [6.07, 6.45) is 6.55. The van der Waals surface area contributed by atoms with E-state index in [9.17, 15) is 4.79 Å². The number of aromatic nitrogens is 2. The van der Waals surface area contributed by atoms with Gasteiger partial charge in [0.1, 0.15) is 0 Å². The monoisotopic (exact) mass is 362 g/mol. The van der Waals surface area contributed by atoms with Gasteiger partial charge in [-0.3, -0.25) is 0 Å². The van der Waals surface area contributed by atoms with Crippen LogP contribution in [-0.4, -0.2) is 27.5 Å². The number of hydrogen-bond acceptors (Lipinski definition) is 2. The Morgan fingerprint density at radius 2 is 1.63 bits per heavy atom. The molecule has 5 heteroatoms. The fourth-order valence-electron chi connectivity index (χ4n) is 2.89. The van der Waals surface area contributed by atoms with Crippen LogP contribution < -0.4 is 5.32 Å². The summed E-state index contributed by atoms with van der Waals surface area (Å²) in [7, 11) is 1.82. The molecule has 0 aliphatic carbocycles. The Bertz CT molecular complexity index is 839. The van der Waals surface area contributed by atoms with Crippen molar-refractivity contribution in [3.8, 4) is 0 Å². The van der Waals surface area contributed by atoms with Crippen LogP contribution in [0.1, 0.15) is 29.2 Å². The summed E-state index contributed by atoms with van der Waals surface area (Å²) in [4.78, 5) is 18.1. The van der Waals surface area contributed by atoms with E-state index in [0.717, 1.165) is 24.1 Å². The van der Waals surface area contributed by atoms with Crippen molar-refractivity contribution in [1.82, 2.24) is 19.8 Å². The van der Waals surface area contributed by atoms with Gasteiger partial charge in [0.25, 0.3) is 0 Å². The Morgan fingerprint density at radius 1 is 1.00 bits per heavy atom. The quantitative estimate of drug-likeness (QED) is 0.694. The molecule has 1 aromatic heterocycles. The number of carbonyl (C=O) groups excluding carboxylic acids is 1. The Morgan fingerprint density at radius 3 is 2.26 bits per heavy atom. The van der Waals surface area contributed by atoms with E-state index in [2.05, 4.69) is 65.8 Å². The van der Waals surface area contributed by atoms with Crippen molar-refractivity contribution in [2.45, 2.75) is 33.0 Å². The number of urea groups is 1. The van der Waals surface area contributed by atoms with E-state index < -0.39 is 0 Å². The van der Waals surface area contributed by atoms with Crippen LogP contribution in [0.2, 0.25) is 0 Å². The van der Waals surface area contributed by atoms with Gasteiger partial charge in [-0.15, -0.1) is 0 Å². The lowest BCUT2D eigenvalue weighted by atomic mass is 10.1. The van der Waals surface area contributed by atoms with E-state index in [4.69, 9.17) is 0 Å². The number of nitrogens with one attached hydrogen (secondary N) is 1. The van der Waals surface area contributed by atoms with Crippen LogP contribution in [0.5, 0.6) is 0 Å². The zero-order valence-corrected chi connectivity index (χ0v) is 15.9. The molecule has 0 aliphatic heterocycles. The van der Waals surface area contributed by atoms with Gasteiger partial charge in [0, 0.05) is 39.1 Å². The van der Waals surface area contributed by atoms with E-state index >= 15 is 0 Å². The highest BCUT2D eigenvalue weighted by Crippen LogP contribution is 2.09. The zero-order chi connectivity index (χ0) is 19.1. The SMILES string of the molecule is CCc1ccc(CN(C)C(=O)NCc2ccc(Cn3ccnc3)cc2)cc1. The third-order valence-corrected chi connectivity index (χ3v) is 4.59. The number of imidazole rings is 1. The lowest BCUT2D eigenvalue weighted by Crippen LogP contribution is -2.36. The average molecular weight is 362 g/mol. The van der Waals surface area contributed by atoms with Gasteiger partial charge in [-0.25, -0.2) is 9.78 Å². The van der Waals surface area contributed by atoms with E-state index in [1.54, 1.807) is 17.4 Å². The maximum Gasteiger partial charge on any atom is 0.317 e. The second-order valence-electron chi connectivity index (χ2n) is 6.74. The molecule has 3 rings (SSSR count). The van der Waals surface area contributed by atoms with Gasteiger partial charge in [0.05, 0.1) is 6.33 Å². The molecule has 0 fully saturated rings. The minimum Gasteiger partial charge on any atom is -0.334 e. The molecule has 1 N–H and O–H groups in total. The molecule has 5 nitrogen and oxygen atoms in total. The summed E-state index contributed by atoms with van der Waals surface area (Å²) in [5.41, 5.74) is 4.73. The molecule has 0 spiro atoms. The van der Waals surface area contributed by atoms with E-state index in [1.807, 2.05) is 17.8 Å².